The van der Waals surface area contributed by atoms with Crippen molar-refractivity contribution < 1.29 is 9.18 Å². The lowest BCUT2D eigenvalue weighted by Crippen LogP contribution is -2.35. The van der Waals surface area contributed by atoms with Crippen molar-refractivity contribution in [1.82, 2.24) is 10.2 Å². The lowest BCUT2D eigenvalue weighted by Gasteiger charge is -2.30. The highest BCUT2D eigenvalue weighted by Gasteiger charge is 2.24. The first kappa shape index (κ1) is 21.4. The standard InChI is InChI=1S/C18H26BrFN2O.ClH/c1-3-22(12-15-11-16(19)4-5-17(15)20)18(23)10-13(2)14-6-8-21-9-7-14;/h4-5,11,13-14,21H,3,6-10,12H2,1-2H3;1H. The molecule has 0 aliphatic carbocycles. The van der Waals surface area contributed by atoms with Crippen molar-refractivity contribution >= 4 is 34.2 Å². The van der Waals surface area contributed by atoms with Gasteiger partial charge in [0.05, 0.1) is 0 Å². The van der Waals surface area contributed by atoms with Crippen LogP contribution in [-0.4, -0.2) is 30.4 Å². The van der Waals surface area contributed by atoms with Crippen LogP contribution in [0.3, 0.4) is 0 Å². The Bertz CT molecular complexity index is 538. The van der Waals surface area contributed by atoms with Gasteiger partial charge in [0.15, 0.2) is 0 Å². The molecule has 6 heteroatoms. The number of carbonyl (C=O) groups is 1. The molecule has 0 bridgehead atoms. The molecule has 1 atom stereocenters. The summed E-state index contributed by atoms with van der Waals surface area (Å²) in [6, 6.07) is 4.87. The van der Waals surface area contributed by atoms with Crippen LogP contribution in [-0.2, 0) is 11.3 Å². The average molecular weight is 422 g/mol. The lowest BCUT2D eigenvalue weighted by molar-refractivity contribution is -0.133. The Kier molecular flexibility index (Phi) is 9.24. The van der Waals surface area contributed by atoms with Crippen LogP contribution in [0, 0.1) is 17.7 Å². The maximum atomic E-state index is 13.9. The van der Waals surface area contributed by atoms with Gasteiger partial charge in [-0.2, -0.15) is 0 Å². The van der Waals surface area contributed by atoms with Gasteiger partial charge < -0.3 is 10.2 Å². The van der Waals surface area contributed by atoms with E-state index in [1.807, 2.05) is 6.92 Å². The zero-order valence-corrected chi connectivity index (χ0v) is 16.8. The molecule has 3 nitrogen and oxygen atoms in total. The number of nitrogens with one attached hydrogen (secondary N) is 1. The van der Waals surface area contributed by atoms with Gasteiger partial charge in [-0.15, -0.1) is 12.4 Å². The number of hydrogen-bond acceptors (Lipinski definition) is 2. The Morgan fingerprint density at radius 2 is 2.08 bits per heavy atom. The molecule has 1 N–H and O–H groups in total. The lowest BCUT2D eigenvalue weighted by atomic mass is 9.84. The minimum Gasteiger partial charge on any atom is -0.339 e. The van der Waals surface area contributed by atoms with Gasteiger partial charge in [-0.1, -0.05) is 22.9 Å². The first-order valence-corrected chi connectivity index (χ1v) is 9.23. The highest BCUT2D eigenvalue weighted by molar-refractivity contribution is 9.10. The number of rotatable bonds is 6. The maximum absolute atomic E-state index is 13.9. The molecule has 1 amide bonds. The first-order valence-electron chi connectivity index (χ1n) is 8.43. The minimum atomic E-state index is -0.258. The Hall–Kier alpha value is -0.650. The van der Waals surface area contributed by atoms with Crippen LogP contribution in [0.15, 0.2) is 22.7 Å². The summed E-state index contributed by atoms with van der Waals surface area (Å²) in [5, 5.41) is 3.36. The molecule has 1 aliphatic rings. The van der Waals surface area contributed by atoms with Gasteiger partial charge in [0, 0.05) is 29.5 Å². The summed E-state index contributed by atoms with van der Waals surface area (Å²) in [5.74, 6) is 0.858. The summed E-state index contributed by atoms with van der Waals surface area (Å²) < 4.78 is 14.8. The fourth-order valence-electron chi connectivity index (χ4n) is 3.23. The van der Waals surface area contributed by atoms with E-state index in [0.29, 0.717) is 36.9 Å². The Labute approximate surface area is 158 Å². The predicted molar refractivity (Wildman–Crippen MR) is 102 cm³/mol. The van der Waals surface area contributed by atoms with E-state index in [1.54, 1.807) is 17.0 Å². The van der Waals surface area contributed by atoms with Gasteiger partial charge >= 0.3 is 0 Å². The molecule has 0 spiro atoms. The number of carbonyl (C=O) groups excluding carboxylic acids is 1. The number of benzene rings is 1. The van der Waals surface area contributed by atoms with Crippen LogP contribution in [0.2, 0.25) is 0 Å². The first-order chi connectivity index (χ1) is 11.0. The predicted octanol–water partition coefficient (Wildman–Crippen LogP) is 4.38. The van der Waals surface area contributed by atoms with Crippen molar-refractivity contribution in [3.8, 4) is 0 Å². The molecule has 1 aromatic rings. The van der Waals surface area contributed by atoms with Gasteiger partial charge in [-0.05, 0) is 62.9 Å². The summed E-state index contributed by atoms with van der Waals surface area (Å²) in [6.45, 7) is 7.14. The second-order valence-corrected chi connectivity index (χ2v) is 7.33. The molecule has 0 aromatic heterocycles. The number of halogens is 3. The molecule has 1 unspecified atom stereocenters. The van der Waals surface area contributed by atoms with Crippen LogP contribution in [0.5, 0.6) is 0 Å². The molecule has 1 aromatic carbocycles. The maximum Gasteiger partial charge on any atom is 0.223 e. The minimum absolute atomic E-state index is 0. The summed E-state index contributed by atoms with van der Waals surface area (Å²) in [7, 11) is 0. The van der Waals surface area contributed by atoms with Gasteiger partial charge in [0.1, 0.15) is 5.82 Å². The van der Waals surface area contributed by atoms with E-state index < -0.39 is 0 Å². The monoisotopic (exact) mass is 420 g/mol. The zero-order valence-electron chi connectivity index (χ0n) is 14.4. The Balaban J connectivity index is 0.00000288. The van der Waals surface area contributed by atoms with Crippen LogP contribution in [0.1, 0.15) is 38.7 Å². The van der Waals surface area contributed by atoms with Gasteiger partial charge in [-0.3, -0.25) is 4.79 Å². The van der Waals surface area contributed by atoms with Crippen molar-refractivity contribution in [3.63, 3.8) is 0 Å². The molecule has 1 heterocycles. The quantitative estimate of drug-likeness (QED) is 0.739. The van der Waals surface area contributed by atoms with E-state index in [1.165, 1.54) is 6.07 Å². The molecule has 24 heavy (non-hydrogen) atoms. The second-order valence-electron chi connectivity index (χ2n) is 6.41. The highest BCUT2D eigenvalue weighted by Crippen LogP contribution is 2.25. The molecule has 2 rings (SSSR count). The number of amides is 1. The second kappa shape index (κ2) is 10.4. The summed E-state index contributed by atoms with van der Waals surface area (Å²) >= 11 is 3.36. The topological polar surface area (TPSA) is 32.3 Å². The smallest absolute Gasteiger partial charge is 0.223 e. The van der Waals surface area contributed by atoms with Gasteiger partial charge in [0.25, 0.3) is 0 Å². The molecule has 0 radical (unpaired) electrons. The number of hydrogen-bond donors (Lipinski definition) is 1. The van der Waals surface area contributed by atoms with Crippen molar-refractivity contribution in [1.29, 1.82) is 0 Å². The van der Waals surface area contributed by atoms with E-state index in [2.05, 4.69) is 28.2 Å². The molecular formula is C18H27BrClFN2O. The highest BCUT2D eigenvalue weighted by atomic mass is 79.9. The van der Waals surface area contributed by atoms with E-state index in [-0.39, 0.29) is 24.1 Å². The molecule has 1 fully saturated rings. The van der Waals surface area contributed by atoms with E-state index in [9.17, 15) is 9.18 Å². The zero-order chi connectivity index (χ0) is 16.8. The molecule has 1 saturated heterocycles. The van der Waals surface area contributed by atoms with Crippen molar-refractivity contribution in [2.45, 2.75) is 39.7 Å². The largest absolute Gasteiger partial charge is 0.339 e. The molecular weight excluding hydrogens is 395 g/mol. The summed E-state index contributed by atoms with van der Waals surface area (Å²) in [4.78, 5) is 14.4. The molecule has 0 saturated carbocycles. The number of nitrogens with zero attached hydrogens (tertiary/aromatic N) is 1. The van der Waals surface area contributed by atoms with Crippen molar-refractivity contribution in [2.24, 2.45) is 11.8 Å². The van der Waals surface area contributed by atoms with Crippen LogP contribution in [0.4, 0.5) is 4.39 Å². The summed E-state index contributed by atoms with van der Waals surface area (Å²) in [6.07, 6.45) is 2.83. The molecule has 1 aliphatic heterocycles. The van der Waals surface area contributed by atoms with Gasteiger partial charge in [-0.25, -0.2) is 4.39 Å². The third-order valence-electron chi connectivity index (χ3n) is 4.79. The Morgan fingerprint density at radius 3 is 2.71 bits per heavy atom. The fourth-order valence-corrected chi connectivity index (χ4v) is 3.64. The SMILES string of the molecule is CCN(Cc1cc(Br)ccc1F)C(=O)CC(C)C1CCNCC1.Cl. The fraction of sp³-hybridized carbons (Fsp3) is 0.611. The van der Waals surface area contributed by atoms with E-state index in [0.717, 1.165) is 30.4 Å². The van der Waals surface area contributed by atoms with E-state index >= 15 is 0 Å². The van der Waals surface area contributed by atoms with E-state index in [4.69, 9.17) is 0 Å². The number of piperidine rings is 1. The van der Waals surface area contributed by atoms with Crippen molar-refractivity contribution in [3.05, 3.63) is 34.1 Å². The third-order valence-corrected chi connectivity index (χ3v) is 5.28. The van der Waals surface area contributed by atoms with Crippen LogP contribution >= 0.6 is 28.3 Å². The van der Waals surface area contributed by atoms with Crippen LogP contribution < -0.4 is 5.32 Å². The summed E-state index contributed by atoms with van der Waals surface area (Å²) in [5.41, 5.74) is 0.559. The normalized spacial score (nSPS) is 16.3. The molecule has 136 valence electrons. The average Bonchev–Trinajstić information content (AvgIpc) is 2.56. The van der Waals surface area contributed by atoms with Gasteiger partial charge in [0.2, 0.25) is 5.91 Å². The third kappa shape index (κ3) is 6.01. The Morgan fingerprint density at radius 1 is 1.42 bits per heavy atom. The van der Waals surface area contributed by atoms with Crippen LogP contribution in [0.25, 0.3) is 0 Å². The van der Waals surface area contributed by atoms with Crippen molar-refractivity contribution in [2.75, 3.05) is 19.6 Å².